The number of methoxy groups -OCH3 is 1. The van der Waals surface area contributed by atoms with Crippen molar-refractivity contribution in [2.24, 2.45) is 4.99 Å². The van der Waals surface area contributed by atoms with Crippen LogP contribution in [0.3, 0.4) is 0 Å². The first-order valence-corrected chi connectivity index (χ1v) is 8.13. The van der Waals surface area contributed by atoms with Crippen molar-refractivity contribution in [2.75, 3.05) is 14.2 Å². The summed E-state index contributed by atoms with van der Waals surface area (Å²) in [6.07, 6.45) is 5.23. The Labute approximate surface area is 142 Å². The van der Waals surface area contributed by atoms with Crippen LogP contribution >= 0.6 is 0 Å². The van der Waals surface area contributed by atoms with Gasteiger partial charge in [0.25, 0.3) is 0 Å². The van der Waals surface area contributed by atoms with Crippen LogP contribution in [0.2, 0.25) is 0 Å². The van der Waals surface area contributed by atoms with Gasteiger partial charge < -0.3 is 9.30 Å². The lowest BCUT2D eigenvalue weighted by molar-refractivity contribution is 0.411. The molecule has 0 unspecified atom stereocenters. The van der Waals surface area contributed by atoms with Crippen molar-refractivity contribution < 1.29 is 4.74 Å². The molecule has 124 valence electrons. The zero-order valence-corrected chi connectivity index (χ0v) is 14.8. The van der Waals surface area contributed by atoms with Gasteiger partial charge in [0.15, 0.2) is 0 Å². The molecule has 0 atom stereocenters. The monoisotopic (exact) mass is 321 g/mol. The van der Waals surface area contributed by atoms with E-state index in [1.54, 1.807) is 14.2 Å². The zero-order chi connectivity index (χ0) is 17.3. The molecule has 1 aliphatic heterocycles. The van der Waals surface area contributed by atoms with E-state index in [1.807, 2.05) is 13.8 Å². The first-order valence-electron chi connectivity index (χ1n) is 8.13. The Morgan fingerprint density at radius 2 is 2.17 bits per heavy atom. The third-order valence-corrected chi connectivity index (χ3v) is 4.47. The van der Waals surface area contributed by atoms with E-state index >= 15 is 0 Å². The third kappa shape index (κ3) is 2.68. The second-order valence-corrected chi connectivity index (χ2v) is 5.93. The van der Waals surface area contributed by atoms with Gasteiger partial charge in [-0.05, 0) is 49.1 Å². The van der Waals surface area contributed by atoms with Crippen LogP contribution in [0.15, 0.2) is 23.2 Å². The molecule has 0 aliphatic carbocycles. The number of benzene rings is 1. The Bertz CT molecular complexity index is 997. The predicted octanol–water partition coefficient (Wildman–Crippen LogP) is 1.89. The lowest BCUT2D eigenvalue weighted by Gasteiger charge is -2.07. The largest absolute Gasteiger partial charge is 0.496 e. The molecule has 1 aliphatic rings. The van der Waals surface area contributed by atoms with Crippen LogP contribution in [0.25, 0.3) is 24.3 Å². The summed E-state index contributed by atoms with van der Waals surface area (Å²) < 4.78 is 7.66. The van der Waals surface area contributed by atoms with Gasteiger partial charge in [0.2, 0.25) is 0 Å². The van der Waals surface area contributed by atoms with Crippen molar-refractivity contribution in [3.05, 3.63) is 51.2 Å². The minimum absolute atomic E-state index is 0.728. The highest BCUT2D eigenvalue weighted by Gasteiger charge is 2.18. The molecule has 1 aromatic heterocycles. The van der Waals surface area contributed by atoms with Crippen LogP contribution in [-0.4, -0.2) is 23.7 Å². The van der Waals surface area contributed by atoms with E-state index in [-0.39, 0.29) is 0 Å². The Morgan fingerprint density at radius 1 is 1.38 bits per heavy atom. The second kappa shape index (κ2) is 6.48. The highest BCUT2D eigenvalue weighted by atomic mass is 16.5. The average molecular weight is 321 g/mol. The third-order valence-electron chi connectivity index (χ3n) is 4.47. The summed E-state index contributed by atoms with van der Waals surface area (Å²) in [4.78, 5) is 9.06. The predicted molar refractivity (Wildman–Crippen MR) is 98.8 cm³/mol. The normalized spacial score (nSPS) is 16.8. The Balaban J connectivity index is 2.17. The molecule has 0 amide bonds. The van der Waals surface area contributed by atoms with Gasteiger partial charge in [0, 0.05) is 13.6 Å². The number of ether oxygens (including phenoxy) is 1. The van der Waals surface area contributed by atoms with Crippen LogP contribution in [-0.2, 0) is 6.54 Å². The van der Waals surface area contributed by atoms with Crippen LogP contribution in [0.5, 0.6) is 5.75 Å². The molecular weight excluding hydrogens is 298 g/mol. The van der Waals surface area contributed by atoms with E-state index in [1.165, 1.54) is 5.57 Å². The summed E-state index contributed by atoms with van der Waals surface area (Å²) in [5.41, 5.74) is 3.48. The van der Waals surface area contributed by atoms with Crippen molar-refractivity contribution in [1.82, 2.24) is 9.55 Å². The van der Waals surface area contributed by atoms with Gasteiger partial charge in [-0.1, -0.05) is 24.8 Å². The van der Waals surface area contributed by atoms with Gasteiger partial charge in [0.05, 0.1) is 17.8 Å². The van der Waals surface area contributed by atoms with Crippen LogP contribution in [0.1, 0.15) is 30.3 Å². The van der Waals surface area contributed by atoms with Crippen LogP contribution in [0.4, 0.5) is 0 Å². The highest BCUT2D eigenvalue weighted by molar-refractivity contribution is 5.80. The molecule has 0 saturated heterocycles. The van der Waals surface area contributed by atoms with Crippen molar-refractivity contribution in [3.63, 3.8) is 0 Å². The number of allylic oxidation sites excluding steroid dienone is 1. The second-order valence-electron chi connectivity index (χ2n) is 5.93. The quantitative estimate of drug-likeness (QED) is 0.847. The van der Waals surface area contributed by atoms with Crippen molar-refractivity contribution in [1.29, 1.82) is 0 Å². The van der Waals surface area contributed by atoms with Crippen molar-refractivity contribution >= 4 is 24.3 Å². The number of fused-ring (bicyclic) bond motifs is 1. The first kappa shape index (κ1) is 16.2. The minimum Gasteiger partial charge on any atom is -0.496 e. The van der Waals surface area contributed by atoms with E-state index in [0.717, 1.165) is 51.7 Å². The summed E-state index contributed by atoms with van der Waals surface area (Å²) in [5, 5.41) is 2.70. The molecule has 0 radical (unpaired) electrons. The summed E-state index contributed by atoms with van der Waals surface area (Å²) >= 11 is 0. The molecular formula is C20H23N3O. The molecule has 24 heavy (non-hydrogen) atoms. The van der Waals surface area contributed by atoms with E-state index in [4.69, 9.17) is 9.72 Å². The maximum absolute atomic E-state index is 5.43. The standard InChI is InChI=1S/C20H23N3O/c1-6-17-19(21-4)14(3)22-20-16(9-10-23(17)20)11-15-8-7-13(2)18(12-15)24-5/h6-8,11-12H,3,9-10H2,1-2,4-5H3/b16-11+,17-6+,21-19?. The summed E-state index contributed by atoms with van der Waals surface area (Å²) in [5.74, 6) is 1.89. The van der Waals surface area contributed by atoms with Gasteiger partial charge in [-0.2, -0.15) is 0 Å². The lowest BCUT2D eigenvalue weighted by atomic mass is 10.1. The fourth-order valence-electron chi connectivity index (χ4n) is 3.25. The summed E-state index contributed by atoms with van der Waals surface area (Å²) in [7, 11) is 3.49. The highest BCUT2D eigenvalue weighted by Crippen LogP contribution is 2.27. The molecule has 0 fully saturated rings. The number of aromatic nitrogens is 2. The van der Waals surface area contributed by atoms with Gasteiger partial charge >= 0.3 is 0 Å². The molecule has 3 rings (SSSR count). The molecule has 2 heterocycles. The zero-order valence-electron chi connectivity index (χ0n) is 14.8. The number of hydrogen-bond donors (Lipinski definition) is 0. The first-order chi connectivity index (χ1) is 11.6. The summed E-state index contributed by atoms with van der Waals surface area (Å²) in [6, 6.07) is 6.26. The Kier molecular flexibility index (Phi) is 4.38. The van der Waals surface area contributed by atoms with Gasteiger partial charge in [-0.15, -0.1) is 0 Å². The maximum atomic E-state index is 5.43. The van der Waals surface area contributed by atoms with Crippen LogP contribution < -0.4 is 20.8 Å². The SMILES string of the molecule is C=c1nc2n(/c(=C/C)c1=NC)CC/C2=C\c1ccc(C)c(OC)c1. The number of aryl methyl sites for hydroxylation is 1. The maximum Gasteiger partial charge on any atom is 0.137 e. The van der Waals surface area contributed by atoms with E-state index in [2.05, 4.69) is 46.5 Å². The van der Waals surface area contributed by atoms with Gasteiger partial charge in [0.1, 0.15) is 16.9 Å². The van der Waals surface area contributed by atoms with Crippen molar-refractivity contribution in [3.8, 4) is 5.75 Å². The lowest BCUT2D eigenvalue weighted by Crippen LogP contribution is -2.47. The van der Waals surface area contributed by atoms with E-state index < -0.39 is 0 Å². The molecule has 4 nitrogen and oxygen atoms in total. The Hall–Kier alpha value is -2.62. The number of hydrogen-bond acceptors (Lipinski definition) is 3. The smallest absolute Gasteiger partial charge is 0.137 e. The molecule has 0 bridgehead atoms. The molecule has 1 aromatic carbocycles. The van der Waals surface area contributed by atoms with Crippen molar-refractivity contribution in [2.45, 2.75) is 26.8 Å². The fourth-order valence-corrected chi connectivity index (χ4v) is 3.25. The molecule has 4 heteroatoms. The molecule has 2 aromatic rings. The molecule has 0 spiro atoms. The van der Waals surface area contributed by atoms with E-state index in [0.29, 0.717) is 0 Å². The molecule has 0 saturated carbocycles. The number of nitrogens with zero attached hydrogens (tertiary/aromatic N) is 3. The van der Waals surface area contributed by atoms with Gasteiger partial charge in [-0.3, -0.25) is 4.99 Å². The van der Waals surface area contributed by atoms with E-state index in [9.17, 15) is 0 Å². The van der Waals surface area contributed by atoms with Crippen LogP contribution in [0, 0.1) is 6.92 Å². The molecule has 0 N–H and O–H groups in total. The Morgan fingerprint density at radius 3 is 2.83 bits per heavy atom. The van der Waals surface area contributed by atoms with Gasteiger partial charge in [-0.25, -0.2) is 4.98 Å². The average Bonchev–Trinajstić information content (AvgIpc) is 2.97. The fraction of sp³-hybridized carbons (Fsp3) is 0.300. The topological polar surface area (TPSA) is 39.4 Å². The summed E-state index contributed by atoms with van der Waals surface area (Å²) in [6.45, 7) is 9.07. The minimum atomic E-state index is 0.728. The number of rotatable bonds is 2.